The molecule has 0 atom stereocenters. The molecule has 1 aromatic carbocycles. The summed E-state index contributed by atoms with van der Waals surface area (Å²) in [6.45, 7) is 1.55. The van der Waals surface area contributed by atoms with Gasteiger partial charge >= 0.3 is 5.97 Å². The summed E-state index contributed by atoms with van der Waals surface area (Å²) >= 11 is 0. The van der Waals surface area contributed by atoms with Crippen LogP contribution in [0.5, 0.6) is 0 Å². The average molecular weight is 177 g/mol. The van der Waals surface area contributed by atoms with Crippen molar-refractivity contribution in [3.8, 4) is 0 Å². The molecule has 0 unspecified atom stereocenters. The third-order valence-corrected chi connectivity index (χ3v) is 1.63. The van der Waals surface area contributed by atoms with Crippen molar-refractivity contribution in [3.05, 3.63) is 35.4 Å². The van der Waals surface area contributed by atoms with Crippen molar-refractivity contribution >= 4 is 17.7 Å². The van der Waals surface area contributed by atoms with Gasteiger partial charge in [0.15, 0.2) is 0 Å². The number of aliphatic carboxylic acids is 1. The molecule has 0 aromatic heterocycles. The molecule has 0 fully saturated rings. The molecule has 68 valence electrons. The Morgan fingerprint density at radius 2 is 2.23 bits per heavy atom. The minimum atomic E-state index is -0.914. The predicted molar refractivity (Wildman–Crippen MR) is 52.1 cm³/mol. The van der Waals surface area contributed by atoms with Gasteiger partial charge in [-0.05, 0) is 30.7 Å². The number of carbonyl (C=O) groups is 1. The highest BCUT2D eigenvalue weighted by Gasteiger charge is 1.99. The summed E-state index contributed by atoms with van der Waals surface area (Å²) in [5, 5.41) is 8.61. The fourth-order valence-corrected chi connectivity index (χ4v) is 0.961. The van der Waals surface area contributed by atoms with E-state index >= 15 is 0 Å². The fourth-order valence-electron chi connectivity index (χ4n) is 0.961. The summed E-state index contributed by atoms with van der Waals surface area (Å²) in [4.78, 5) is 10.5. The molecule has 0 aliphatic carbocycles. The quantitative estimate of drug-likeness (QED) is 0.534. The van der Waals surface area contributed by atoms with E-state index in [1.165, 1.54) is 0 Å². The number of anilines is 1. The van der Waals surface area contributed by atoms with Crippen LogP contribution in [0.15, 0.2) is 29.8 Å². The second-order valence-electron chi connectivity index (χ2n) is 2.80. The molecule has 3 nitrogen and oxygen atoms in total. The SMILES string of the molecule is C/C(=C/c1cccc(N)c1)C(=O)O. The third kappa shape index (κ3) is 2.63. The number of nitrogens with two attached hydrogens (primary N) is 1. The lowest BCUT2D eigenvalue weighted by Crippen LogP contribution is -1.95. The molecule has 0 bridgehead atoms. The number of rotatable bonds is 2. The van der Waals surface area contributed by atoms with Crippen molar-refractivity contribution in [2.45, 2.75) is 6.92 Å². The van der Waals surface area contributed by atoms with Crippen molar-refractivity contribution in [1.29, 1.82) is 0 Å². The normalized spacial score (nSPS) is 11.3. The molecule has 0 heterocycles. The van der Waals surface area contributed by atoms with Gasteiger partial charge in [0.05, 0.1) is 0 Å². The Morgan fingerprint density at radius 1 is 1.54 bits per heavy atom. The van der Waals surface area contributed by atoms with Crippen molar-refractivity contribution in [2.75, 3.05) is 5.73 Å². The molecule has 0 amide bonds. The maximum Gasteiger partial charge on any atom is 0.331 e. The standard InChI is InChI=1S/C10H11NO2/c1-7(10(12)13)5-8-3-2-4-9(11)6-8/h2-6H,11H2,1H3,(H,12,13)/b7-5-. The van der Waals surface area contributed by atoms with Crippen LogP contribution in [0, 0.1) is 0 Å². The van der Waals surface area contributed by atoms with Crippen LogP contribution in [-0.4, -0.2) is 11.1 Å². The smallest absolute Gasteiger partial charge is 0.331 e. The first-order chi connectivity index (χ1) is 6.09. The first-order valence-electron chi connectivity index (χ1n) is 3.87. The Morgan fingerprint density at radius 3 is 2.77 bits per heavy atom. The van der Waals surface area contributed by atoms with Crippen LogP contribution in [0.4, 0.5) is 5.69 Å². The minimum Gasteiger partial charge on any atom is -0.478 e. The number of nitrogen functional groups attached to an aromatic ring is 1. The second kappa shape index (κ2) is 3.76. The van der Waals surface area contributed by atoms with E-state index < -0.39 is 5.97 Å². The highest BCUT2D eigenvalue weighted by Crippen LogP contribution is 2.10. The van der Waals surface area contributed by atoms with E-state index in [2.05, 4.69) is 0 Å². The highest BCUT2D eigenvalue weighted by molar-refractivity contribution is 5.91. The van der Waals surface area contributed by atoms with E-state index in [1.54, 1.807) is 31.2 Å². The zero-order chi connectivity index (χ0) is 9.84. The zero-order valence-corrected chi connectivity index (χ0v) is 7.32. The lowest BCUT2D eigenvalue weighted by atomic mass is 10.1. The summed E-state index contributed by atoms with van der Waals surface area (Å²) in [5.74, 6) is -0.914. The fraction of sp³-hybridized carbons (Fsp3) is 0.100. The molecule has 1 aromatic rings. The maximum absolute atomic E-state index is 10.5. The molecule has 1 rings (SSSR count). The van der Waals surface area contributed by atoms with Gasteiger partial charge in [0.1, 0.15) is 0 Å². The zero-order valence-electron chi connectivity index (χ0n) is 7.32. The Hall–Kier alpha value is -1.77. The van der Waals surface area contributed by atoms with E-state index in [-0.39, 0.29) is 0 Å². The molecule has 0 saturated heterocycles. The van der Waals surface area contributed by atoms with Crippen LogP contribution >= 0.6 is 0 Å². The molecular formula is C10H11NO2. The Kier molecular flexibility index (Phi) is 2.69. The molecule has 0 saturated carbocycles. The first-order valence-corrected chi connectivity index (χ1v) is 3.87. The molecule has 13 heavy (non-hydrogen) atoms. The third-order valence-electron chi connectivity index (χ3n) is 1.63. The van der Waals surface area contributed by atoms with Gasteiger partial charge < -0.3 is 10.8 Å². The molecule has 0 aliphatic heterocycles. The molecule has 3 heteroatoms. The van der Waals surface area contributed by atoms with Gasteiger partial charge in [-0.1, -0.05) is 12.1 Å². The van der Waals surface area contributed by atoms with E-state index in [9.17, 15) is 4.79 Å². The predicted octanol–water partition coefficient (Wildman–Crippen LogP) is 1.76. The Bertz CT molecular complexity index is 356. The summed E-state index contributed by atoms with van der Waals surface area (Å²) in [7, 11) is 0. The number of hydrogen-bond acceptors (Lipinski definition) is 2. The van der Waals surface area contributed by atoms with E-state index in [0.29, 0.717) is 11.3 Å². The second-order valence-corrected chi connectivity index (χ2v) is 2.80. The number of carboxylic acids is 1. The maximum atomic E-state index is 10.5. The van der Waals surface area contributed by atoms with Gasteiger partial charge in [0.25, 0.3) is 0 Å². The van der Waals surface area contributed by atoms with Gasteiger partial charge in [-0.3, -0.25) is 0 Å². The van der Waals surface area contributed by atoms with Gasteiger partial charge in [0, 0.05) is 11.3 Å². The van der Waals surface area contributed by atoms with Gasteiger partial charge in [-0.25, -0.2) is 4.79 Å². The number of hydrogen-bond donors (Lipinski definition) is 2. The van der Waals surface area contributed by atoms with Crippen LogP contribution < -0.4 is 5.73 Å². The van der Waals surface area contributed by atoms with Crippen molar-refractivity contribution in [2.24, 2.45) is 0 Å². The number of carboxylic acid groups (broad SMARTS) is 1. The Balaban J connectivity index is 2.97. The van der Waals surface area contributed by atoms with Gasteiger partial charge in [-0.2, -0.15) is 0 Å². The highest BCUT2D eigenvalue weighted by atomic mass is 16.4. The monoisotopic (exact) mass is 177 g/mol. The van der Waals surface area contributed by atoms with Gasteiger partial charge in [-0.15, -0.1) is 0 Å². The average Bonchev–Trinajstić information content (AvgIpc) is 2.04. The van der Waals surface area contributed by atoms with Crippen molar-refractivity contribution in [3.63, 3.8) is 0 Å². The molecule has 0 aliphatic rings. The summed E-state index contributed by atoms with van der Waals surface area (Å²) in [6.07, 6.45) is 1.58. The van der Waals surface area contributed by atoms with Crippen molar-refractivity contribution in [1.82, 2.24) is 0 Å². The first kappa shape index (κ1) is 9.32. The topological polar surface area (TPSA) is 63.3 Å². The molecule has 0 spiro atoms. The Labute approximate surface area is 76.5 Å². The van der Waals surface area contributed by atoms with Crippen molar-refractivity contribution < 1.29 is 9.90 Å². The van der Waals surface area contributed by atoms with Crippen LogP contribution in [0.1, 0.15) is 12.5 Å². The van der Waals surface area contributed by atoms with Gasteiger partial charge in [0.2, 0.25) is 0 Å². The minimum absolute atomic E-state index is 0.297. The summed E-state index contributed by atoms with van der Waals surface area (Å²) in [6, 6.07) is 7.08. The summed E-state index contributed by atoms with van der Waals surface area (Å²) in [5.41, 5.74) is 7.27. The lowest BCUT2D eigenvalue weighted by Gasteiger charge is -1.97. The number of benzene rings is 1. The molecule has 0 radical (unpaired) electrons. The molecule has 3 N–H and O–H groups in total. The van der Waals surface area contributed by atoms with Crippen LogP contribution in [-0.2, 0) is 4.79 Å². The van der Waals surface area contributed by atoms with Crippen LogP contribution in [0.3, 0.4) is 0 Å². The van der Waals surface area contributed by atoms with E-state index in [1.807, 2.05) is 6.07 Å². The molecular weight excluding hydrogens is 166 g/mol. The van der Waals surface area contributed by atoms with Crippen LogP contribution in [0.25, 0.3) is 6.08 Å². The van der Waals surface area contributed by atoms with Crippen LogP contribution in [0.2, 0.25) is 0 Å². The van der Waals surface area contributed by atoms with E-state index in [4.69, 9.17) is 10.8 Å². The summed E-state index contributed by atoms with van der Waals surface area (Å²) < 4.78 is 0. The largest absolute Gasteiger partial charge is 0.478 e. The van der Waals surface area contributed by atoms with E-state index in [0.717, 1.165) is 5.56 Å². The lowest BCUT2D eigenvalue weighted by molar-refractivity contribution is -0.132.